The molecular weight excluding hydrogens is 372 g/mol. The number of aliphatic hydroxyl groups is 2. The number of aryl methyl sites for hydroxylation is 2. The van der Waals surface area contributed by atoms with Gasteiger partial charge in [-0.2, -0.15) is 0 Å². The molecular formula is C21H28N4O4. The van der Waals surface area contributed by atoms with E-state index in [9.17, 15) is 15.0 Å². The van der Waals surface area contributed by atoms with Gasteiger partial charge in [-0.15, -0.1) is 0 Å². The van der Waals surface area contributed by atoms with Crippen LogP contribution >= 0.6 is 0 Å². The van der Waals surface area contributed by atoms with Crippen molar-refractivity contribution in [2.45, 2.75) is 70.4 Å². The predicted molar refractivity (Wildman–Crippen MR) is 109 cm³/mol. The van der Waals surface area contributed by atoms with Gasteiger partial charge in [0.25, 0.3) is 0 Å². The third-order valence-corrected chi connectivity index (χ3v) is 5.80. The van der Waals surface area contributed by atoms with Gasteiger partial charge in [-0.25, -0.2) is 0 Å². The molecule has 8 nitrogen and oxygen atoms in total. The molecule has 0 spiro atoms. The first-order valence-corrected chi connectivity index (χ1v) is 10.2. The number of aliphatic hydroxyl groups excluding tert-OH is 2. The Bertz CT molecular complexity index is 877. The summed E-state index contributed by atoms with van der Waals surface area (Å²) in [6.07, 6.45) is 2.58. The average molecular weight is 400 g/mol. The number of hydrogen-bond acceptors (Lipinski definition) is 7. The molecule has 2 heterocycles. The van der Waals surface area contributed by atoms with E-state index in [-0.39, 0.29) is 18.1 Å². The number of aromatic nitrogens is 1. The van der Waals surface area contributed by atoms with E-state index in [0.29, 0.717) is 24.9 Å². The fourth-order valence-corrected chi connectivity index (χ4v) is 4.28. The Morgan fingerprint density at radius 3 is 2.62 bits per heavy atom. The molecule has 29 heavy (non-hydrogen) atoms. The molecule has 8 heteroatoms. The Morgan fingerprint density at radius 1 is 1.17 bits per heavy atom. The van der Waals surface area contributed by atoms with Gasteiger partial charge >= 0.3 is 0 Å². The van der Waals surface area contributed by atoms with Crippen molar-refractivity contribution in [2.24, 2.45) is 0 Å². The van der Waals surface area contributed by atoms with Crippen LogP contribution in [0.5, 0.6) is 0 Å². The van der Waals surface area contributed by atoms with Crippen LogP contribution in [0.3, 0.4) is 0 Å². The first-order valence-electron chi connectivity index (χ1n) is 10.2. The van der Waals surface area contributed by atoms with Gasteiger partial charge in [0.15, 0.2) is 0 Å². The minimum atomic E-state index is -0.642. The number of amides is 1. The third-order valence-electron chi connectivity index (χ3n) is 5.80. The summed E-state index contributed by atoms with van der Waals surface area (Å²) in [5.41, 5.74) is 4.09. The molecule has 4 atom stereocenters. The van der Waals surface area contributed by atoms with Crippen LogP contribution in [-0.4, -0.2) is 45.7 Å². The lowest BCUT2D eigenvalue weighted by molar-refractivity contribution is -0.118. The van der Waals surface area contributed by atoms with E-state index in [2.05, 4.69) is 21.1 Å². The Kier molecular flexibility index (Phi) is 5.58. The van der Waals surface area contributed by atoms with E-state index in [0.717, 1.165) is 41.1 Å². The van der Waals surface area contributed by atoms with Crippen molar-refractivity contribution in [3.63, 3.8) is 0 Å². The standard InChI is InChI=1S/C21H28N4O4/c1-11-20(12(2)29-25-11)13-3-6-16(22-14-4-5-15(26)10-14)18(9-13)24-21(28)17-7-8-19(27)23-17/h3,6,9,14-15,17,19,22-23,26-27H,4-5,7-8,10H2,1-2H3,(H,24,28)/t14-,15-,17+,19?/m1/s1. The SMILES string of the molecule is Cc1noc(C)c1-c1ccc(N[C@@H]2CC[C@@H](O)C2)c(NC(=O)[C@@H]2CCC(O)N2)c1. The summed E-state index contributed by atoms with van der Waals surface area (Å²) < 4.78 is 5.29. The summed E-state index contributed by atoms with van der Waals surface area (Å²) in [7, 11) is 0. The molecule has 2 fully saturated rings. The first-order chi connectivity index (χ1) is 13.9. The van der Waals surface area contributed by atoms with Crippen LogP contribution in [0.15, 0.2) is 22.7 Å². The summed E-state index contributed by atoms with van der Waals surface area (Å²) in [4.78, 5) is 12.8. The van der Waals surface area contributed by atoms with E-state index < -0.39 is 12.3 Å². The van der Waals surface area contributed by atoms with Gasteiger partial charge in [0, 0.05) is 11.6 Å². The molecule has 4 rings (SSSR count). The highest BCUT2D eigenvalue weighted by atomic mass is 16.5. The van der Waals surface area contributed by atoms with Crippen molar-refractivity contribution in [2.75, 3.05) is 10.6 Å². The molecule has 1 aliphatic heterocycles. The fraction of sp³-hybridized carbons (Fsp3) is 0.524. The van der Waals surface area contributed by atoms with Gasteiger partial charge < -0.3 is 25.4 Å². The lowest BCUT2D eigenvalue weighted by atomic mass is 10.0. The minimum Gasteiger partial charge on any atom is -0.393 e. The summed E-state index contributed by atoms with van der Waals surface area (Å²) >= 11 is 0. The van der Waals surface area contributed by atoms with E-state index in [4.69, 9.17) is 4.52 Å². The maximum atomic E-state index is 12.8. The van der Waals surface area contributed by atoms with Crippen molar-refractivity contribution in [1.82, 2.24) is 10.5 Å². The molecule has 1 aromatic heterocycles. The normalized spacial score (nSPS) is 26.6. The Labute approximate surface area is 169 Å². The maximum Gasteiger partial charge on any atom is 0.241 e. The van der Waals surface area contributed by atoms with Gasteiger partial charge in [-0.1, -0.05) is 11.2 Å². The summed E-state index contributed by atoms with van der Waals surface area (Å²) in [5, 5.41) is 32.9. The minimum absolute atomic E-state index is 0.164. The molecule has 1 saturated carbocycles. The molecule has 156 valence electrons. The predicted octanol–water partition coefficient (Wildman–Crippen LogP) is 2.29. The molecule has 1 unspecified atom stereocenters. The van der Waals surface area contributed by atoms with Crippen LogP contribution in [0.1, 0.15) is 43.6 Å². The second-order valence-corrected chi connectivity index (χ2v) is 8.07. The number of hydrogen-bond donors (Lipinski definition) is 5. The van der Waals surface area contributed by atoms with Crippen molar-refractivity contribution in [3.8, 4) is 11.1 Å². The Balaban J connectivity index is 1.62. The number of carbonyl (C=O) groups is 1. The van der Waals surface area contributed by atoms with Gasteiger partial charge in [0.05, 0.1) is 29.2 Å². The zero-order valence-corrected chi connectivity index (χ0v) is 16.7. The molecule has 2 aromatic rings. The molecule has 0 radical (unpaired) electrons. The van der Waals surface area contributed by atoms with Crippen molar-refractivity contribution >= 4 is 17.3 Å². The number of nitrogens with zero attached hydrogens (tertiary/aromatic N) is 1. The first kappa shape index (κ1) is 19.9. The monoisotopic (exact) mass is 400 g/mol. The molecule has 2 aliphatic rings. The van der Waals surface area contributed by atoms with Gasteiger partial charge in [-0.3, -0.25) is 10.1 Å². The van der Waals surface area contributed by atoms with Gasteiger partial charge in [0.2, 0.25) is 5.91 Å². The van der Waals surface area contributed by atoms with Crippen LogP contribution < -0.4 is 16.0 Å². The number of benzene rings is 1. The van der Waals surface area contributed by atoms with Crippen molar-refractivity contribution in [1.29, 1.82) is 0 Å². The van der Waals surface area contributed by atoms with Crippen LogP contribution in [-0.2, 0) is 4.79 Å². The molecule has 1 amide bonds. The molecule has 1 saturated heterocycles. The van der Waals surface area contributed by atoms with Gasteiger partial charge in [0.1, 0.15) is 12.0 Å². The molecule has 0 bridgehead atoms. The Hall–Kier alpha value is -2.42. The zero-order chi connectivity index (χ0) is 20.5. The Morgan fingerprint density at radius 2 is 2.00 bits per heavy atom. The van der Waals surface area contributed by atoms with E-state index in [1.165, 1.54) is 0 Å². The van der Waals surface area contributed by atoms with Crippen molar-refractivity contribution in [3.05, 3.63) is 29.7 Å². The molecule has 5 N–H and O–H groups in total. The average Bonchev–Trinajstić information content (AvgIpc) is 3.38. The van der Waals surface area contributed by atoms with E-state index in [1.807, 2.05) is 32.0 Å². The summed E-state index contributed by atoms with van der Waals surface area (Å²) in [6, 6.07) is 5.58. The molecule has 1 aliphatic carbocycles. The fourth-order valence-electron chi connectivity index (χ4n) is 4.28. The lowest BCUT2D eigenvalue weighted by Crippen LogP contribution is -2.39. The highest BCUT2D eigenvalue weighted by Crippen LogP contribution is 2.34. The third kappa shape index (κ3) is 4.29. The number of carbonyl (C=O) groups excluding carboxylic acids is 1. The van der Waals surface area contributed by atoms with Crippen LogP contribution in [0.25, 0.3) is 11.1 Å². The van der Waals surface area contributed by atoms with E-state index >= 15 is 0 Å². The van der Waals surface area contributed by atoms with E-state index in [1.54, 1.807) is 0 Å². The van der Waals surface area contributed by atoms with Crippen LogP contribution in [0.2, 0.25) is 0 Å². The number of rotatable bonds is 5. The second kappa shape index (κ2) is 8.14. The summed E-state index contributed by atoms with van der Waals surface area (Å²) in [5.74, 6) is 0.548. The largest absolute Gasteiger partial charge is 0.393 e. The topological polar surface area (TPSA) is 120 Å². The number of nitrogens with one attached hydrogen (secondary N) is 3. The number of anilines is 2. The smallest absolute Gasteiger partial charge is 0.241 e. The summed E-state index contributed by atoms with van der Waals surface area (Å²) in [6.45, 7) is 3.75. The quantitative estimate of drug-likeness (QED) is 0.522. The van der Waals surface area contributed by atoms with Gasteiger partial charge in [-0.05, 0) is 63.6 Å². The maximum absolute atomic E-state index is 12.8. The molecule has 1 aromatic carbocycles. The van der Waals surface area contributed by atoms with Crippen LogP contribution in [0.4, 0.5) is 11.4 Å². The highest BCUT2D eigenvalue weighted by Gasteiger charge is 2.29. The lowest BCUT2D eigenvalue weighted by Gasteiger charge is -2.20. The van der Waals surface area contributed by atoms with Crippen LogP contribution in [0, 0.1) is 13.8 Å². The highest BCUT2D eigenvalue weighted by molar-refractivity contribution is 5.98. The van der Waals surface area contributed by atoms with Crippen molar-refractivity contribution < 1.29 is 19.5 Å². The zero-order valence-electron chi connectivity index (χ0n) is 16.7. The second-order valence-electron chi connectivity index (χ2n) is 8.07.